The van der Waals surface area contributed by atoms with Gasteiger partial charge in [0.25, 0.3) is 0 Å². The number of benzene rings is 1. The van der Waals surface area contributed by atoms with E-state index in [4.69, 9.17) is 4.74 Å². The Morgan fingerprint density at radius 3 is 2.42 bits per heavy atom. The lowest BCUT2D eigenvalue weighted by Crippen LogP contribution is -2.50. The van der Waals surface area contributed by atoms with Crippen LogP contribution in [0.15, 0.2) is 30.3 Å². The predicted octanol–water partition coefficient (Wildman–Crippen LogP) is 2.20. The van der Waals surface area contributed by atoms with Gasteiger partial charge in [0.05, 0.1) is 11.9 Å². The Hall–Kier alpha value is -1.89. The molecule has 0 aliphatic rings. The Morgan fingerprint density at radius 1 is 1.17 bits per heavy atom. The molecule has 1 aromatic rings. The number of alkyl carbamates (subject to hydrolysis) is 1. The maximum absolute atomic E-state index is 12.5. The van der Waals surface area contributed by atoms with E-state index in [-0.39, 0.29) is 36.1 Å². The second-order valence-corrected chi connectivity index (χ2v) is 5.95. The van der Waals surface area contributed by atoms with E-state index in [1.165, 1.54) is 0 Å². The van der Waals surface area contributed by atoms with Crippen molar-refractivity contribution >= 4 is 33.7 Å². The number of amides is 2. The number of hydrogen-bond acceptors (Lipinski definition) is 4. The third kappa shape index (κ3) is 7.59. The molecule has 0 bridgehead atoms. The molecule has 0 saturated carbocycles. The highest BCUT2D eigenvalue weighted by atomic mass is 79.9. The fourth-order valence-corrected chi connectivity index (χ4v) is 2.39. The third-order valence-electron chi connectivity index (χ3n) is 3.24. The smallest absolute Gasteiger partial charge is 0.407 e. The minimum absolute atomic E-state index is 0.000705. The lowest BCUT2D eigenvalue weighted by Gasteiger charge is -2.21. The molecule has 2 unspecified atom stereocenters. The fourth-order valence-electron chi connectivity index (χ4n) is 2.16. The molecule has 1 rings (SSSR count). The summed E-state index contributed by atoms with van der Waals surface area (Å²) in [5.74, 6) is -0.345. The number of Topliss-reactive ketones (excluding diaryl/α,β-unsaturated/α-hetero) is 1. The van der Waals surface area contributed by atoms with E-state index in [9.17, 15) is 14.4 Å². The van der Waals surface area contributed by atoms with E-state index in [2.05, 4.69) is 26.6 Å². The quantitative estimate of drug-likeness (QED) is 0.624. The molecule has 2 atom stereocenters. The molecule has 0 heterocycles. The van der Waals surface area contributed by atoms with E-state index in [1.54, 1.807) is 13.8 Å². The number of ketones is 1. The molecule has 0 saturated heterocycles. The molecule has 0 radical (unpaired) electrons. The van der Waals surface area contributed by atoms with Crippen molar-refractivity contribution in [3.05, 3.63) is 35.9 Å². The van der Waals surface area contributed by atoms with Gasteiger partial charge in [0.15, 0.2) is 0 Å². The average molecular weight is 399 g/mol. The SMILES string of the molecule is CCOC(=O)NC(Cc1ccccc1)C(=O)NC(C)CC(=O)CBr. The van der Waals surface area contributed by atoms with Gasteiger partial charge < -0.3 is 15.4 Å². The molecule has 1 aromatic carbocycles. The Morgan fingerprint density at radius 2 is 1.83 bits per heavy atom. The van der Waals surface area contributed by atoms with Crippen molar-refractivity contribution in [1.82, 2.24) is 10.6 Å². The summed E-state index contributed by atoms with van der Waals surface area (Å²) in [5.41, 5.74) is 0.915. The Balaban J connectivity index is 2.73. The number of carbonyl (C=O) groups is 3. The molecule has 0 fully saturated rings. The summed E-state index contributed by atoms with van der Waals surface area (Å²) in [6.07, 6.45) is -0.0725. The van der Waals surface area contributed by atoms with Crippen molar-refractivity contribution in [3.63, 3.8) is 0 Å². The first-order chi connectivity index (χ1) is 11.5. The number of alkyl halides is 1. The lowest BCUT2D eigenvalue weighted by molar-refractivity contribution is -0.124. The second-order valence-electron chi connectivity index (χ2n) is 5.39. The summed E-state index contributed by atoms with van der Waals surface area (Å²) >= 11 is 3.10. The minimum Gasteiger partial charge on any atom is -0.450 e. The maximum Gasteiger partial charge on any atom is 0.407 e. The van der Waals surface area contributed by atoms with Crippen molar-refractivity contribution in [2.24, 2.45) is 0 Å². The van der Waals surface area contributed by atoms with Gasteiger partial charge >= 0.3 is 6.09 Å². The van der Waals surface area contributed by atoms with Crippen LogP contribution in [-0.4, -0.2) is 41.8 Å². The van der Waals surface area contributed by atoms with Gasteiger partial charge in [-0.25, -0.2) is 4.79 Å². The van der Waals surface area contributed by atoms with E-state index in [0.29, 0.717) is 6.42 Å². The number of carbonyl (C=O) groups excluding carboxylic acids is 3. The molecule has 0 aliphatic heterocycles. The summed E-state index contributed by atoms with van der Waals surface area (Å²) in [7, 11) is 0. The summed E-state index contributed by atoms with van der Waals surface area (Å²) in [4.78, 5) is 35.6. The first-order valence-corrected chi connectivity index (χ1v) is 8.93. The van der Waals surface area contributed by atoms with Crippen LogP contribution < -0.4 is 10.6 Å². The largest absolute Gasteiger partial charge is 0.450 e. The van der Waals surface area contributed by atoms with Crippen LogP contribution in [0, 0.1) is 0 Å². The summed E-state index contributed by atoms with van der Waals surface area (Å²) in [5, 5.41) is 5.59. The minimum atomic E-state index is -0.770. The third-order valence-corrected chi connectivity index (χ3v) is 3.86. The highest BCUT2D eigenvalue weighted by Gasteiger charge is 2.23. The van der Waals surface area contributed by atoms with Crippen LogP contribution in [-0.2, 0) is 20.7 Å². The van der Waals surface area contributed by atoms with Crippen LogP contribution in [0.1, 0.15) is 25.8 Å². The molecule has 2 N–H and O–H groups in total. The number of nitrogens with one attached hydrogen (secondary N) is 2. The molecular weight excluding hydrogens is 376 g/mol. The number of halogens is 1. The Kier molecular flexibility index (Phi) is 9.07. The zero-order valence-corrected chi connectivity index (χ0v) is 15.5. The Bertz CT molecular complexity index is 551. The molecule has 132 valence electrons. The van der Waals surface area contributed by atoms with Crippen molar-refractivity contribution in [1.29, 1.82) is 0 Å². The van der Waals surface area contributed by atoms with Gasteiger partial charge in [-0.2, -0.15) is 0 Å². The maximum atomic E-state index is 12.5. The predicted molar refractivity (Wildman–Crippen MR) is 95.1 cm³/mol. The standard InChI is InChI=1S/C17H23BrN2O4/c1-3-24-17(23)20-15(10-13-7-5-4-6-8-13)16(22)19-12(2)9-14(21)11-18/h4-8,12,15H,3,9-11H2,1-2H3,(H,19,22)(H,20,23). The molecule has 0 aromatic heterocycles. The molecule has 0 aliphatic carbocycles. The van der Waals surface area contributed by atoms with Gasteiger partial charge in [0.2, 0.25) is 5.91 Å². The van der Waals surface area contributed by atoms with E-state index in [0.717, 1.165) is 5.56 Å². The van der Waals surface area contributed by atoms with Crippen molar-refractivity contribution in [2.75, 3.05) is 11.9 Å². The summed E-state index contributed by atoms with van der Waals surface area (Å²) in [6.45, 7) is 3.67. The zero-order valence-electron chi connectivity index (χ0n) is 13.9. The van der Waals surface area contributed by atoms with Gasteiger partial charge in [-0.1, -0.05) is 46.3 Å². The van der Waals surface area contributed by atoms with Crippen molar-refractivity contribution in [3.8, 4) is 0 Å². The van der Waals surface area contributed by atoms with E-state index >= 15 is 0 Å². The van der Waals surface area contributed by atoms with Crippen LogP contribution >= 0.6 is 15.9 Å². The number of ether oxygens (including phenoxy) is 1. The van der Waals surface area contributed by atoms with Gasteiger partial charge in [-0.15, -0.1) is 0 Å². The van der Waals surface area contributed by atoms with Gasteiger partial charge in [0.1, 0.15) is 11.8 Å². The normalized spacial score (nSPS) is 12.8. The van der Waals surface area contributed by atoms with E-state index in [1.807, 2.05) is 30.3 Å². The average Bonchev–Trinajstić information content (AvgIpc) is 2.55. The molecular formula is C17H23BrN2O4. The lowest BCUT2D eigenvalue weighted by atomic mass is 10.0. The Labute approximate surface area is 150 Å². The molecule has 6 nitrogen and oxygen atoms in total. The topological polar surface area (TPSA) is 84.5 Å². The van der Waals surface area contributed by atoms with Crippen LogP contribution in [0.4, 0.5) is 4.79 Å². The molecule has 7 heteroatoms. The second kappa shape index (κ2) is 10.8. The van der Waals surface area contributed by atoms with Crippen LogP contribution in [0.5, 0.6) is 0 Å². The molecule has 2 amide bonds. The zero-order chi connectivity index (χ0) is 17.9. The number of rotatable bonds is 9. The summed E-state index contributed by atoms with van der Waals surface area (Å²) < 4.78 is 4.86. The van der Waals surface area contributed by atoms with Crippen LogP contribution in [0.3, 0.4) is 0 Å². The monoisotopic (exact) mass is 398 g/mol. The van der Waals surface area contributed by atoms with Crippen molar-refractivity contribution < 1.29 is 19.1 Å². The van der Waals surface area contributed by atoms with Gasteiger partial charge in [-0.05, 0) is 19.4 Å². The molecule has 24 heavy (non-hydrogen) atoms. The van der Waals surface area contributed by atoms with Crippen molar-refractivity contribution in [2.45, 2.75) is 38.8 Å². The fraction of sp³-hybridized carbons (Fsp3) is 0.471. The first-order valence-electron chi connectivity index (χ1n) is 7.81. The number of hydrogen-bond donors (Lipinski definition) is 2. The first kappa shape index (κ1) is 20.2. The van der Waals surface area contributed by atoms with Gasteiger partial charge in [-0.3, -0.25) is 9.59 Å². The van der Waals surface area contributed by atoms with Crippen LogP contribution in [0.25, 0.3) is 0 Å². The summed E-state index contributed by atoms with van der Waals surface area (Å²) in [6, 6.07) is 8.29. The van der Waals surface area contributed by atoms with Crippen LogP contribution in [0.2, 0.25) is 0 Å². The highest BCUT2D eigenvalue weighted by molar-refractivity contribution is 9.09. The highest BCUT2D eigenvalue weighted by Crippen LogP contribution is 2.05. The van der Waals surface area contributed by atoms with E-state index < -0.39 is 12.1 Å². The molecule has 0 spiro atoms. The van der Waals surface area contributed by atoms with Gasteiger partial charge in [0, 0.05) is 18.9 Å².